The minimum atomic E-state index is -1.57. The summed E-state index contributed by atoms with van der Waals surface area (Å²) in [5.74, 6) is -0.621. The SMILES string of the molecule is CCOP(OCC)OC(OC)C(=O)OC. The molecule has 0 fully saturated rings. The molecule has 7 heteroatoms. The molecule has 0 bridgehead atoms. The van der Waals surface area contributed by atoms with Crippen LogP contribution in [-0.2, 0) is 27.8 Å². The molecule has 0 aromatic carbocycles. The summed E-state index contributed by atoms with van der Waals surface area (Å²) in [5, 5.41) is 0. The third-order valence-corrected chi connectivity index (χ3v) is 2.56. The van der Waals surface area contributed by atoms with E-state index in [9.17, 15) is 4.79 Å². The molecule has 0 rings (SSSR count). The molecule has 0 amide bonds. The third-order valence-electron chi connectivity index (χ3n) is 1.26. The van der Waals surface area contributed by atoms with Gasteiger partial charge in [-0.1, -0.05) is 0 Å². The maximum absolute atomic E-state index is 11.1. The first-order chi connectivity index (χ1) is 7.19. The molecule has 1 unspecified atom stereocenters. The predicted molar refractivity (Wildman–Crippen MR) is 54.1 cm³/mol. The minimum absolute atomic E-state index is 0.434. The van der Waals surface area contributed by atoms with Gasteiger partial charge in [0.2, 0.25) is 0 Å². The van der Waals surface area contributed by atoms with Gasteiger partial charge >= 0.3 is 14.6 Å². The van der Waals surface area contributed by atoms with Gasteiger partial charge in [-0.15, -0.1) is 0 Å². The second-order valence-corrected chi connectivity index (χ2v) is 3.43. The Hall–Kier alpha value is -0.260. The quantitative estimate of drug-likeness (QED) is 0.363. The van der Waals surface area contributed by atoms with E-state index in [1.165, 1.54) is 14.2 Å². The average molecular weight is 240 g/mol. The summed E-state index contributed by atoms with van der Waals surface area (Å²) in [6.45, 7) is 4.47. The number of esters is 1. The number of hydrogen-bond donors (Lipinski definition) is 0. The highest BCUT2D eigenvalue weighted by atomic mass is 31.2. The molecule has 0 saturated carbocycles. The van der Waals surface area contributed by atoms with E-state index in [1.807, 2.05) is 0 Å². The lowest BCUT2D eigenvalue weighted by Crippen LogP contribution is -2.26. The van der Waals surface area contributed by atoms with Crippen LogP contribution in [0.1, 0.15) is 13.8 Å². The summed E-state index contributed by atoms with van der Waals surface area (Å²) < 4.78 is 24.7. The molecular formula is C8H17O6P. The van der Waals surface area contributed by atoms with Crippen molar-refractivity contribution in [2.75, 3.05) is 27.4 Å². The topological polar surface area (TPSA) is 63.2 Å². The van der Waals surface area contributed by atoms with Crippen molar-refractivity contribution in [3.05, 3.63) is 0 Å². The average Bonchev–Trinajstić information content (AvgIpc) is 2.25. The number of rotatable bonds is 8. The zero-order valence-electron chi connectivity index (χ0n) is 9.39. The third kappa shape index (κ3) is 6.02. The van der Waals surface area contributed by atoms with Crippen LogP contribution in [0.25, 0.3) is 0 Å². The molecule has 0 aliphatic carbocycles. The van der Waals surface area contributed by atoms with Gasteiger partial charge < -0.3 is 18.5 Å². The highest BCUT2D eigenvalue weighted by Crippen LogP contribution is 2.40. The van der Waals surface area contributed by atoms with E-state index in [4.69, 9.17) is 18.3 Å². The molecule has 0 radical (unpaired) electrons. The lowest BCUT2D eigenvalue weighted by atomic mass is 10.7. The first kappa shape index (κ1) is 14.7. The van der Waals surface area contributed by atoms with Crippen LogP contribution >= 0.6 is 8.60 Å². The van der Waals surface area contributed by atoms with Gasteiger partial charge in [0, 0.05) is 7.11 Å². The number of hydrogen-bond acceptors (Lipinski definition) is 6. The van der Waals surface area contributed by atoms with Crippen LogP contribution in [0.15, 0.2) is 0 Å². The Morgan fingerprint density at radius 1 is 1.20 bits per heavy atom. The molecule has 0 spiro atoms. The van der Waals surface area contributed by atoms with Gasteiger partial charge in [0.15, 0.2) is 0 Å². The molecule has 0 aliphatic rings. The van der Waals surface area contributed by atoms with E-state index < -0.39 is 20.9 Å². The maximum atomic E-state index is 11.1. The van der Waals surface area contributed by atoms with Crippen molar-refractivity contribution in [1.82, 2.24) is 0 Å². The molecule has 0 heterocycles. The van der Waals surface area contributed by atoms with E-state index >= 15 is 0 Å². The Bertz CT molecular complexity index is 171. The van der Waals surface area contributed by atoms with Crippen molar-refractivity contribution in [1.29, 1.82) is 0 Å². The minimum Gasteiger partial charge on any atom is -0.465 e. The van der Waals surface area contributed by atoms with E-state index in [0.29, 0.717) is 13.2 Å². The van der Waals surface area contributed by atoms with Crippen molar-refractivity contribution < 1.29 is 27.8 Å². The number of methoxy groups -OCH3 is 2. The molecule has 90 valence electrons. The largest absolute Gasteiger partial charge is 0.465 e. The Labute approximate surface area is 90.8 Å². The van der Waals surface area contributed by atoms with Crippen LogP contribution in [0.5, 0.6) is 0 Å². The first-order valence-electron chi connectivity index (χ1n) is 4.52. The van der Waals surface area contributed by atoms with Gasteiger partial charge in [-0.05, 0) is 13.8 Å². The van der Waals surface area contributed by atoms with Crippen molar-refractivity contribution in [2.24, 2.45) is 0 Å². The summed E-state index contributed by atoms with van der Waals surface area (Å²) in [5.41, 5.74) is 0. The van der Waals surface area contributed by atoms with Gasteiger partial charge in [-0.3, -0.25) is 4.52 Å². The Morgan fingerprint density at radius 2 is 1.73 bits per heavy atom. The van der Waals surface area contributed by atoms with E-state index in [0.717, 1.165) is 0 Å². The lowest BCUT2D eigenvalue weighted by Gasteiger charge is -2.19. The van der Waals surface area contributed by atoms with Gasteiger partial charge in [0.05, 0.1) is 20.3 Å². The Balaban J connectivity index is 4.14. The first-order valence-corrected chi connectivity index (χ1v) is 5.62. The van der Waals surface area contributed by atoms with Gasteiger partial charge in [-0.2, -0.15) is 0 Å². The summed E-state index contributed by atoms with van der Waals surface area (Å²) in [7, 11) is 1.02. The zero-order valence-corrected chi connectivity index (χ0v) is 10.3. The summed E-state index contributed by atoms with van der Waals surface area (Å²) in [6.07, 6.45) is -1.11. The second kappa shape index (κ2) is 9.00. The highest BCUT2D eigenvalue weighted by molar-refractivity contribution is 7.41. The van der Waals surface area contributed by atoms with E-state index in [1.54, 1.807) is 13.8 Å². The van der Waals surface area contributed by atoms with Crippen molar-refractivity contribution >= 4 is 14.6 Å². The van der Waals surface area contributed by atoms with Gasteiger partial charge in [0.1, 0.15) is 0 Å². The fourth-order valence-electron chi connectivity index (χ4n) is 0.666. The summed E-state index contributed by atoms with van der Waals surface area (Å²) in [6, 6.07) is 0. The number of ether oxygens (including phenoxy) is 2. The molecule has 1 atom stereocenters. The molecule has 15 heavy (non-hydrogen) atoms. The smallest absolute Gasteiger partial charge is 0.363 e. The highest BCUT2D eigenvalue weighted by Gasteiger charge is 2.25. The van der Waals surface area contributed by atoms with Gasteiger partial charge in [0.25, 0.3) is 6.29 Å². The second-order valence-electron chi connectivity index (χ2n) is 2.26. The standard InChI is InChI=1S/C8H17O6P/c1-5-12-15(13-6-2)14-8(11-4)7(9)10-3/h8H,5-6H2,1-4H3. The number of carbonyl (C=O) groups excluding carboxylic acids is 1. The van der Waals surface area contributed by atoms with Crippen LogP contribution in [0.3, 0.4) is 0 Å². The van der Waals surface area contributed by atoms with Crippen LogP contribution in [-0.4, -0.2) is 39.7 Å². The summed E-state index contributed by atoms with van der Waals surface area (Å²) >= 11 is 0. The molecule has 0 N–H and O–H groups in total. The zero-order chi connectivity index (χ0) is 11.7. The molecule has 0 saturated heterocycles. The van der Waals surface area contributed by atoms with E-state index in [2.05, 4.69) is 4.74 Å². The Kier molecular flexibility index (Phi) is 8.85. The number of carbonyl (C=O) groups is 1. The van der Waals surface area contributed by atoms with Crippen molar-refractivity contribution in [3.63, 3.8) is 0 Å². The lowest BCUT2D eigenvalue weighted by molar-refractivity contribution is -0.171. The molecular weight excluding hydrogens is 223 g/mol. The van der Waals surface area contributed by atoms with Crippen LogP contribution in [0.4, 0.5) is 0 Å². The molecule has 0 aromatic rings. The normalized spacial score (nSPS) is 12.9. The fourth-order valence-corrected chi connectivity index (χ4v) is 1.61. The summed E-state index contributed by atoms with van der Waals surface area (Å²) in [4.78, 5) is 11.1. The monoisotopic (exact) mass is 240 g/mol. The van der Waals surface area contributed by atoms with Crippen LogP contribution in [0, 0.1) is 0 Å². The van der Waals surface area contributed by atoms with Crippen molar-refractivity contribution in [2.45, 2.75) is 20.1 Å². The van der Waals surface area contributed by atoms with Crippen LogP contribution in [0.2, 0.25) is 0 Å². The molecule has 6 nitrogen and oxygen atoms in total. The maximum Gasteiger partial charge on any atom is 0.363 e. The van der Waals surface area contributed by atoms with E-state index in [-0.39, 0.29) is 0 Å². The van der Waals surface area contributed by atoms with Crippen molar-refractivity contribution in [3.8, 4) is 0 Å². The van der Waals surface area contributed by atoms with Gasteiger partial charge in [-0.25, -0.2) is 4.79 Å². The Morgan fingerprint density at radius 3 is 2.07 bits per heavy atom. The fraction of sp³-hybridized carbons (Fsp3) is 0.875. The molecule has 0 aromatic heterocycles. The molecule has 0 aliphatic heterocycles. The predicted octanol–water partition coefficient (Wildman–Crippen LogP) is 1.45. The van der Waals surface area contributed by atoms with Crippen LogP contribution < -0.4 is 0 Å².